The van der Waals surface area contributed by atoms with Crippen LogP contribution >= 0.6 is 0 Å². The zero-order chi connectivity index (χ0) is 17.4. The largest absolute Gasteiger partial charge is 0.388 e. The number of anilines is 1. The minimum atomic E-state index is -1.13. The zero-order valence-electron chi connectivity index (χ0n) is 13.8. The summed E-state index contributed by atoms with van der Waals surface area (Å²) in [5.41, 5.74) is 5.59. The third-order valence-electron chi connectivity index (χ3n) is 4.39. The summed E-state index contributed by atoms with van der Waals surface area (Å²) >= 11 is 0. The van der Waals surface area contributed by atoms with E-state index in [1.165, 1.54) is 0 Å². The molecule has 9 nitrogen and oxygen atoms in total. The maximum atomic E-state index is 12.0. The molecule has 0 radical (unpaired) electrons. The van der Waals surface area contributed by atoms with Crippen LogP contribution in [-0.2, 0) is 11.2 Å². The van der Waals surface area contributed by atoms with Gasteiger partial charge in [-0.05, 0) is 6.42 Å². The Morgan fingerprint density at radius 3 is 2.71 bits per heavy atom. The van der Waals surface area contributed by atoms with Crippen molar-refractivity contribution in [2.24, 2.45) is 0 Å². The Morgan fingerprint density at radius 1 is 1.29 bits per heavy atom. The predicted octanol–water partition coefficient (Wildman–Crippen LogP) is 0.0736. The molecular formula is C15H23N5O4. The molecule has 1 fully saturated rings. The Morgan fingerprint density at radius 2 is 2.04 bits per heavy atom. The number of hydrogen-bond acceptors (Lipinski definition) is 7. The van der Waals surface area contributed by atoms with E-state index in [1.54, 1.807) is 4.57 Å². The number of rotatable bonds is 5. The van der Waals surface area contributed by atoms with Gasteiger partial charge in [0.05, 0.1) is 6.10 Å². The Labute approximate surface area is 138 Å². The smallest absolute Gasteiger partial charge is 0.280 e. The second-order valence-electron chi connectivity index (χ2n) is 6.06. The number of aromatic nitrogens is 4. The van der Waals surface area contributed by atoms with Crippen LogP contribution in [0.25, 0.3) is 11.2 Å². The molecule has 1 aliphatic heterocycles. The molecule has 4 atom stereocenters. The molecule has 0 aromatic carbocycles. The van der Waals surface area contributed by atoms with E-state index in [9.17, 15) is 15.0 Å². The summed E-state index contributed by atoms with van der Waals surface area (Å²) in [4.78, 5) is 22.9. The fraction of sp³-hybridized carbons (Fsp3) is 0.667. The molecule has 3 heterocycles. The fourth-order valence-corrected chi connectivity index (χ4v) is 3.15. The fourth-order valence-electron chi connectivity index (χ4n) is 3.15. The van der Waals surface area contributed by atoms with Crippen LogP contribution in [0.3, 0.4) is 0 Å². The number of aliphatic hydroxyl groups is 2. The second-order valence-corrected chi connectivity index (χ2v) is 6.06. The summed E-state index contributed by atoms with van der Waals surface area (Å²) in [5, 5.41) is 20.7. The number of imidazole rings is 1. The number of nitrogens with zero attached hydrogens (tertiary/aromatic N) is 3. The van der Waals surface area contributed by atoms with Gasteiger partial charge in [-0.25, -0.2) is 4.98 Å². The van der Waals surface area contributed by atoms with Gasteiger partial charge >= 0.3 is 0 Å². The van der Waals surface area contributed by atoms with Crippen molar-refractivity contribution < 1.29 is 14.9 Å². The highest BCUT2D eigenvalue weighted by molar-refractivity contribution is 5.71. The molecule has 132 valence electrons. The lowest BCUT2D eigenvalue weighted by atomic mass is 10.1. The molecule has 1 saturated heterocycles. The maximum Gasteiger partial charge on any atom is 0.280 e. The highest BCUT2D eigenvalue weighted by Crippen LogP contribution is 2.34. The summed E-state index contributed by atoms with van der Waals surface area (Å²) in [6, 6.07) is 0. The number of aryl methyl sites for hydroxylation is 1. The number of nitrogens with one attached hydrogen (secondary N) is 1. The van der Waals surface area contributed by atoms with Gasteiger partial charge in [-0.1, -0.05) is 26.7 Å². The molecule has 2 aromatic rings. The van der Waals surface area contributed by atoms with Crippen molar-refractivity contribution in [2.75, 3.05) is 5.73 Å². The standard InChI is InChI=1S/C15H23N5O4/c1-3-5-6-7-10(21)11(22)14(24-7)20-8(4-2)17-9-12(20)18-15(16)19-13(9)23/h7,10-11,14,21-22H,3-6H2,1-2H3,(H3,16,18,19,23). The Balaban J connectivity index is 2.07. The first-order chi connectivity index (χ1) is 11.5. The van der Waals surface area contributed by atoms with E-state index in [2.05, 4.69) is 15.0 Å². The van der Waals surface area contributed by atoms with Crippen molar-refractivity contribution in [3.05, 3.63) is 16.2 Å². The number of hydrogen-bond donors (Lipinski definition) is 4. The minimum Gasteiger partial charge on any atom is -0.388 e. The average molecular weight is 337 g/mol. The van der Waals surface area contributed by atoms with Crippen LogP contribution < -0.4 is 11.3 Å². The highest BCUT2D eigenvalue weighted by Gasteiger charge is 2.44. The number of aliphatic hydroxyl groups excluding tert-OH is 2. The number of nitrogens with two attached hydrogens (primary N) is 1. The predicted molar refractivity (Wildman–Crippen MR) is 87.4 cm³/mol. The quantitative estimate of drug-likeness (QED) is 0.605. The van der Waals surface area contributed by atoms with Gasteiger partial charge < -0.3 is 20.7 Å². The molecule has 5 N–H and O–H groups in total. The topological polar surface area (TPSA) is 139 Å². The third kappa shape index (κ3) is 2.68. The summed E-state index contributed by atoms with van der Waals surface area (Å²) in [6.07, 6.45) is -0.429. The molecule has 0 amide bonds. The number of unbranched alkanes of at least 4 members (excludes halogenated alkanes) is 1. The molecule has 2 aromatic heterocycles. The van der Waals surface area contributed by atoms with Gasteiger partial charge in [-0.2, -0.15) is 4.98 Å². The number of H-pyrrole nitrogens is 1. The van der Waals surface area contributed by atoms with Crippen molar-refractivity contribution in [3.63, 3.8) is 0 Å². The van der Waals surface area contributed by atoms with Gasteiger partial charge in [-0.3, -0.25) is 14.3 Å². The molecule has 4 unspecified atom stereocenters. The van der Waals surface area contributed by atoms with Crippen LogP contribution in [0.2, 0.25) is 0 Å². The van der Waals surface area contributed by atoms with Crippen LogP contribution in [0.15, 0.2) is 4.79 Å². The number of aromatic amines is 1. The van der Waals surface area contributed by atoms with Crippen LogP contribution in [0.5, 0.6) is 0 Å². The van der Waals surface area contributed by atoms with Crippen LogP contribution in [0.1, 0.15) is 45.2 Å². The highest BCUT2D eigenvalue weighted by atomic mass is 16.6. The normalized spacial score (nSPS) is 27.2. The van der Waals surface area contributed by atoms with Crippen molar-refractivity contribution in [3.8, 4) is 0 Å². The first-order valence-corrected chi connectivity index (χ1v) is 8.26. The monoisotopic (exact) mass is 337 g/mol. The Bertz CT molecular complexity index is 786. The summed E-state index contributed by atoms with van der Waals surface area (Å²) in [7, 11) is 0. The second kappa shape index (κ2) is 6.50. The van der Waals surface area contributed by atoms with Crippen LogP contribution in [-0.4, -0.2) is 48.0 Å². The van der Waals surface area contributed by atoms with Crippen LogP contribution in [0, 0.1) is 0 Å². The van der Waals surface area contributed by atoms with Gasteiger partial charge in [0.15, 0.2) is 17.4 Å². The molecule has 0 bridgehead atoms. The maximum absolute atomic E-state index is 12.0. The first kappa shape index (κ1) is 16.9. The van der Waals surface area contributed by atoms with Crippen LogP contribution in [0.4, 0.5) is 5.95 Å². The summed E-state index contributed by atoms with van der Waals surface area (Å²) in [5.74, 6) is 0.507. The molecular weight excluding hydrogens is 314 g/mol. The molecule has 0 spiro atoms. The van der Waals surface area contributed by atoms with E-state index in [4.69, 9.17) is 10.5 Å². The SMILES string of the molecule is CCCCC1OC(n2c(CC)nc3c(=O)[nH]c(N)nc32)C(O)C1O. The third-order valence-corrected chi connectivity index (χ3v) is 4.39. The number of fused-ring (bicyclic) bond motifs is 1. The van der Waals surface area contributed by atoms with E-state index < -0.39 is 30.1 Å². The van der Waals surface area contributed by atoms with E-state index in [0.717, 1.165) is 12.8 Å². The van der Waals surface area contributed by atoms with Gasteiger partial charge in [0.25, 0.3) is 5.56 Å². The van der Waals surface area contributed by atoms with Gasteiger partial charge in [-0.15, -0.1) is 0 Å². The van der Waals surface area contributed by atoms with E-state index in [0.29, 0.717) is 18.7 Å². The number of ether oxygens (including phenoxy) is 1. The molecule has 0 aliphatic carbocycles. The lowest BCUT2D eigenvalue weighted by molar-refractivity contribution is -0.0387. The Hall–Kier alpha value is -1.97. The van der Waals surface area contributed by atoms with Crippen molar-refractivity contribution in [1.82, 2.24) is 19.5 Å². The first-order valence-electron chi connectivity index (χ1n) is 8.26. The summed E-state index contributed by atoms with van der Waals surface area (Å²) < 4.78 is 7.46. The lowest BCUT2D eigenvalue weighted by Gasteiger charge is -2.19. The molecule has 1 aliphatic rings. The average Bonchev–Trinajstić information content (AvgIpc) is 3.04. The van der Waals surface area contributed by atoms with Gasteiger partial charge in [0.2, 0.25) is 5.95 Å². The number of nitrogen functional groups attached to an aromatic ring is 1. The van der Waals surface area contributed by atoms with Crippen molar-refractivity contribution in [1.29, 1.82) is 0 Å². The van der Waals surface area contributed by atoms with Crippen molar-refractivity contribution in [2.45, 2.75) is 64.1 Å². The molecule has 9 heteroatoms. The zero-order valence-corrected chi connectivity index (χ0v) is 13.8. The van der Waals surface area contributed by atoms with E-state index >= 15 is 0 Å². The van der Waals surface area contributed by atoms with Crippen molar-refractivity contribution >= 4 is 17.1 Å². The van der Waals surface area contributed by atoms with Gasteiger partial charge in [0, 0.05) is 6.42 Å². The lowest BCUT2D eigenvalue weighted by Crippen LogP contribution is -2.32. The van der Waals surface area contributed by atoms with Gasteiger partial charge in [0.1, 0.15) is 18.0 Å². The molecule has 0 saturated carbocycles. The molecule has 3 rings (SSSR count). The van der Waals surface area contributed by atoms with E-state index in [-0.39, 0.29) is 17.1 Å². The molecule has 24 heavy (non-hydrogen) atoms. The Kier molecular flexibility index (Phi) is 4.57. The van der Waals surface area contributed by atoms with E-state index in [1.807, 2.05) is 13.8 Å². The minimum absolute atomic E-state index is 0.0353. The summed E-state index contributed by atoms with van der Waals surface area (Å²) in [6.45, 7) is 3.92.